The Bertz CT molecular complexity index is 768. The van der Waals surface area contributed by atoms with E-state index >= 15 is 0 Å². The number of ether oxygens (including phenoxy) is 2. The molecule has 0 spiro atoms. The molecule has 2 aliphatic heterocycles. The molecule has 0 saturated carbocycles. The summed E-state index contributed by atoms with van der Waals surface area (Å²) in [6.07, 6.45) is 3.11. The Hall–Kier alpha value is -2.08. The van der Waals surface area contributed by atoms with E-state index in [0.717, 1.165) is 63.5 Å². The smallest absolute Gasteiger partial charge is 0.161 e. The zero-order chi connectivity index (χ0) is 19.9. The van der Waals surface area contributed by atoms with Crippen molar-refractivity contribution in [2.24, 2.45) is 0 Å². The molecular formula is C24H32N2O3. The van der Waals surface area contributed by atoms with Gasteiger partial charge in [-0.1, -0.05) is 36.4 Å². The third kappa shape index (κ3) is 5.50. The Morgan fingerprint density at radius 3 is 2.59 bits per heavy atom. The summed E-state index contributed by atoms with van der Waals surface area (Å²) >= 11 is 0. The standard InChI is InChI=1S/C24H32N2O3/c27-14-10-22-19-25(18-21-8-9-23-24(17-21)29-16-15-28-23)12-13-26(22)11-4-7-20-5-2-1-3-6-20/h1-3,5-6,8-9,17,22,27H,4,7,10-16,18-19H2/t22-/m1/s1. The molecule has 1 saturated heterocycles. The monoisotopic (exact) mass is 396 g/mol. The van der Waals surface area contributed by atoms with Crippen LogP contribution in [0.1, 0.15) is 24.0 Å². The molecule has 29 heavy (non-hydrogen) atoms. The van der Waals surface area contributed by atoms with Gasteiger partial charge in [-0.3, -0.25) is 9.80 Å². The number of fused-ring (bicyclic) bond motifs is 1. The van der Waals surface area contributed by atoms with Crippen LogP contribution in [0.3, 0.4) is 0 Å². The van der Waals surface area contributed by atoms with Crippen LogP contribution in [0.5, 0.6) is 11.5 Å². The van der Waals surface area contributed by atoms with E-state index < -0.39 is 0 Å². The highest BCUT2D eigenvalue weighted by molar-refractivity contribution is 5.43. The predicted octanol–water partition coefficient (Wildman–Crippen LogP) is 2.96. The number of benzene rings is 2. The number of aliphatic hydroxyl groups is 1. The van der Waals surface area contributed by atoms with Crippen molar-refractivity contribution in [3.63, 3.8) is 0 Å². The van der Waals surface area contributed by atoms with Gasteiger partial charge < -0.3 is 14.6 Å². The zero-order valence-electron chi connectivity index (χ0n) is 17.1. The van der Waals surface area contributed by atoms with Crippen LogP contribution in [-0.2, 0) is 13.0 Å². The van der Waals surface area contributed by atoms with Crippen molar-refractivity contribution in [2.75, 3.05) is 46.0 Å². The van der Waals surface area contributed by atoms with Crippen molar-refractivity contribution in [1.82, 2.24) is 9.80 Å². The molecule has 0 aliphatic carbocycles. The quantitative estimate of drug-likeness (QED) is 0.743. The van der Waals surface area contributed by atoms with E-state index in [-0.39, 0.29) is 6.61 Å². The SMILES string of the molecule is OCC[C@@H]1CN(Cc2ccc3c(c2)OCCO3)CCN1CCCc1ccccc1. The molecule has 156 valence electrons. The van der Waals surface area contributed by atoms with Gasteiger partial charge in [-0.25, -0.2) is 0 Å². The van der Waals surface area contributed by atoms with Crippen LogP contribution in [0.15, 0.2) is 48.5 Å². The first-order valence-electron chi connectivity index (χ1n) is 10.8. The molecule has 0 aromatic heterocycles. The van der Waals surface area contributed by atoms with E-state index in [9.17, 15) is 5.11 Å². The third-order valence-electron chi connectivity index (χ3n) is 5.92. The molecule has 5 nitrogen and oxygen atoms in total. The fraction of sp³-hybridized carbons (Fsp3) is 0.500. The minimum atomic E-state index is 0.248. The summed E-state index contributed by atoms with van der Waals surface area (Å²) in [6, 6.07) is 17.4. The van der Waals surface area contributed by atoms with Crippen LogP contribution in [0.25, 0.3) is 0 Å². The van der Waals surface area contributed by atoms with Crippen LogP contribution in [0.4, 0.5) is 0 Å². The van der Waals surface area contributed by atoms with Gasteiger partial charge in [0.2, 0.25) is 0 Å². The third-order valence-corrected chi connectivity index (χ3v) is 5.92. The number of hydrogen-bond donors (Lipinski definition) is 1. The largest absolute Gasteiger partial charge is 0.486 e. The summed E-state index contributed by atoms with van der Waals surface area (Å²) in [7, 11) is 0. The predicted molar refractivity (Wildman–Crippen MR) is 115 cm³/mol. The van der Waals surface area contributed by atoms with Crippen LogP contribution in [0, 0.1) is 0 Å². The molecule has 1 N–H and O–H groups in total. The number of hydrogen-bond acceptors (Lipinski definition) is 5. The molecule has 2 heterocycles. The molecule has 2 aromatic carbocycles. The van der Waals surface area contributed by atoms with Gasteiger partial charge in [-0.2, -0.15) is 0 Å². The lowest BCUT2D eigenvalue weighted by Gasteiger charge is -2.41. The van der Waals surface area contributed by atoms with Crippen molar-refractivity contribution in [3.05, 3.63) is 59.7 Å². The molecule has 0 bridgehead atoms. The molecule has 0 radical (unpaired) electrons. The van der Waals surface area contributed by atoms with Gasteiger partial charge in [0.1, 0.15) is 13.2 Å². The van der Waals surface area contributed by atoms with Crippen LogP contribution in [-0.4, -0.2) is 66.9 Å². The van der Waals surface area contributed by atoms with Gasteiger partial charge in [0, 0.05) is 38.8 Å². The number of nitrogens with zero attached hydrogens (tertiary/aromatic N) is 2. The Morgan fingerprint density at radius 1 is 0.931 bits per heavy atom. The second-order valence-corrected chi connectivity index (χ2v) is 8.00. The maximum absolute atomic E-state index is 9.57. The molecule has 4 rings (SSSR count). The molecule has 1 atom stereocenters. The maximum atomic E-state index is 9.57. The Morgan fingerprint density at radius 2 is 1.76 bits per heavy atom. The minimum absolute atomic E-state index is 0.248. The van der Waals surface area contributed by atoms with Crippen LogP contribution in [0.2, 0.25) is 0 Å². The van der Waals surface area contributed by atoms with E-state index in [2.05, 4.69) is 52.3 Å². The molecule has 5 heteroatoms. The molecular weight excluding hydrogens is 364 g/mol. The molecule has 0 amide bonds. The van der Waals surface area contributed by atoms with Crippen molar-refractivity contribution < 1.29 is 14.6 Å². The zero-order valence-corrected chi connectivity index (χ0v) is 17.1. The van der Waals surface area contributed by atoms with E-state index in [1.165, 1.54) is 11.1 Å². The van der Waals surface area contributed by atoms with Crippen molar-refractivity contribution in [3.8, 4) is 11.5 Å². The van der Waals surface area contributed by atoms with Crippen molar-refractivity contribution in [2.45, 2.75) is 31.8 Å². The van der Waals surface area contributed by atoms with E-state index in [4.69, 9.17) is 9.47 Å². The average Bonchev–Trinajstić information content (AvgIpc) is 2.76. The average molecular weight is 397 g/mol. The van der Waals surface area contributed by atoms with Gasteiger partial charge in [0.25, 0.3) is 0 Å². The Labute approximate surface area is 173 Å². The first-order valence-corrected chi connectivity index (χ1v) is 10.8. The van der Waals surface area contributed by atoms with Gasteiger partial charge >= 0.3 is 0 Å². The maximum Gasteiger partial charge on any atom is 0.161 e. The highest BCUT2D eigenvalue weighted by atomic mass is 16.6. The van der Waals surface area contributed by atoms with E-state index in [1.807, 2.05) is 6.07 Å². The van der Waals surface area contributed by atoms with Gasteiger partial charge in [-0.15, -0.1) is 0 Å². The molecule has 2 aromatic rings. The summed E-state index contributed by atoms with van der Waals surface area (Å²) in [6.45, 7) is 6.62. The Balaban J connectivity index is 1.30. The highest BCUT2D eigenvalue weighted by Crippen LogP contribution is 2.31. The number of piperazine rings is 1. The van der Waals surface area contributed by atoms with Gasteiger partial charge in [0.15, 0.2) is 11.5 Å². The first-order chi connectivity index (χ1) is 14.3. The second-order valence-electron chi connectivity index (χ2n) is 8.00. The molecule has 0 unspecified atom stereocenters. The molecule has 1 fully saturated rings. The number of aliphatic hydroxyl groups excluding tert-OH is 1. The summed E-state index contributed by atoms with van der Waals surface area (Å²) in [5.74, 6) is 1.71. The van der Waals surface area contributed by atoms with E-state index in [1.54, 1.807) is 0 Å². The number of rotatable bonds is 8. The summed E-state index contributed by atoms with van der Waals surface area (Å²) < 4.78 is 11.4. The summed E-state index contributed by atoms with van der Waals surface area (Å²) in [5.41, 5.74) is 2.66. The van der Waals surface area contributed by atoms with Gasteiger partial charge in [0.05, 0.1) is 0 Å². The lowest BCUT2D eigenvalue weighted by Crippen LogP contribution is -2.53. The van der Waals surface area contributed by atoms with Crippen LogP contribution >= 0.6 is 0 Å². The molecule has 2 aliphatic rings. The summed E-state index contributed by atoms with van der Waals surface area (Å²) in [4.78, 5) is 5.07. The van der Waals surface area contributed by atoms with Gasteiger partial charge in [-0.05, 0) is 49.1 Å². The second kappa shape index (κ2) is 10.1. The lowest BCUT2D eigenvalue weighted by molar-refractivity contribution is 0.0546. The highest BCUT2D eigenvalue weighted by Gasteiger charge is 2.26. The minimum Gasteiger partial charge on any atom is -0.486 e. The fourth-order valence-corrected chi connectivity index (χ4v) is 4.39. The number of aryl methyl sites for hydroxylation is 1. The summed E-state index contributed by atoms with van der Waals surface area (Å²) in [5, 5.41) is 9.57. The Kier molecular flexibility index (Phi) is 7.04. The fourth-order valence-electron chi connectivity index (χ4n) is 4.39. The van der Waals surface area contributed by atoms with Crippen molar-refractivity contribution in [1.29, 1.82) is 0 Å². The van der Waals surface area contributed by atoms with E-state index in [0.29, 0.717) is 19.3 Å². The first kappa shape index (κ1) is 20.2. The normalized spacial score (nSPS) is 20.0. The van der Waals surface area contributed by atoms with Crippen LogP contribution < -0.4 is 9.47 Å². The van der Waals surface area contributed by atoms with Crippen molar-refractivity contribution >= 4 is 0 Å². The lowest BCUT2D eigenvalue weighted by atomic mass is 10.1. The topological polar surface area (TPSA) is 45.2 Å².